The number of benzene rings is 1. The molecule has 0 unspecified atom stereocenters. The van der Waals surface area contributed by atoms with Crippen molar-refractivity contribution in [1.29, 1.82) is 0 Å². The third-order valence-corrected chi connectivity index (χ3v) is 1.46. The van der Waals surface area contributed by atoms with E-state index in [1.54, 1.807) is 12.1 Å². The van der Waals surface area contributed by atoms with E-state index in [1.165, 1.54) is 0 Å². The van der Waals surface area contributed by atoms with Gasteiger partial charge in [-0.05, 0) is 17.3 Å². The molecule has 0 saturated carbocycles. The number of nitroso groups, excluding NO2 is 1. The van der Waals surface area contributed by atoms with Gasteiger partial charge in [0.05, 0.1) is 17.6 Å². The summed E-state index contributed by atoms with van der Waals surface area (Å²) in [7, 11) is 3.76. The van der Waals surface area contributed by atoms with Gasteiger partial charge in [0.25, 0.3) is 0 Å². The van der Waals surface area contributed by atoms with E-state index in [0.717, 1.165) is 5.69 Å². The van der Waals surface area contributed by atoms with Crippen LogP contribution in [0.15, 0.2) is 29.4 Å². The Kier molecular flexibility index (Phi) is 5.84. The van der Waals surface area contributed by atoms with Gasteiger partial charge in [-0.15, -0.1) is 4.91 Å². The van der Waals surface area contributed by atoms with Crippen LogP contribution in [-0.2, 0) is 0 Å². The van der Waals surface area contributed by atoms with Gasteiger partial charge in [-0.3, -0.25) is 4.66 Å². The van der Waals surface area contributed by atoms with Crippen molar-refractivity contribution in [2.75, 3.05) is 19.0 Å². The summed E-state index contributed by atoms with van der Waals surface area (Å²) in [4.78, 5) is 12.1. The molecule has 1 aromatic rings. The molecule has 1 aromatic carbocycles. The van der Waals surface area contributed by atoms with Crippen molar-refractivity contribution < 1.29 is 4.66 Å². The number of nitrogens with zero attached hydrogens (tertiary/aromatic N) is 2. The highest BCUT2D eigenvalue weighted by Crippen LogP contribution is 2.25. The van der Waals surface area contributed by atoms with Crippen molar-refractivity contribution in [3.8, 4) is 0 Å². The van der Waals surface area contributed by atoms with Gasteiger partial charge in [0, 0.05) is 14.1 Å². The van der Waals surface area contributed by atoms with Gasteiger partial charge in [-0.25, -0.2) is 0 Å². The highest BCUT2D eigenvalue weighted by molar-refractivity contribution is 6.04. The largest absolute Gasteiger partial charge is 0.376 e. The molecule has 5 heteroatoms. The summed E-state index contributed by atoms with van der Waals surface area (Å²) >= 11 is 3.64. The molecule has 1 rings (SSSR count). The van der Waals surface area contributed by atoms with Crippen molar-refractivity contribution in [1.82, 2.24) is 0 Å². The lowest BCUT2D eigenvalue weighted by molar-refractivity contribution is 0.632. The zero-order valence-corrected chi connectivity index (χ0v) is 8.19. The van der Waals surface area contributed by atoms with Gasteiger partial charge in [0.15, 0.2) is 0 Å². The number of hydrogen-bond acceptors (Lipinski definition) is 4. The van der Waals surface area contributed by atoms with Crippen molar-refractivity contribution in [3.63, 3.8) is 0 Å². The van der Waals surface area contributed by atoms with Crippen LogP contribution in [0.3, 0.4) is 0 Å². The second kappa shape index (κ2) is 6.39. The van der Waals surface area contributed by atoms with Crippen LogP contribution in [0.1, 0.15) is 0 Å². The molecule has 0 amide bonds. The molecule has 4 nitrogen and oxygen atoms in total. The lowest BCUT2D eigenvalue weighted by atomic mass is 10.2. The van der Waals surface area contributed by atoms with E-state index in [-0.39, 0.29) is 0 Å². The number of rotatable bonds is 2. The lowest BCUT2D eigenvalue weighted by Gasteiger charge is -2.12. The van der Waals surface area contributed by atoms with Crippen LogP contribution in [0.4, 0.5) is 11.4 Å². The molecule has 13 heavy (non-hydrogen) atoms. The fourth-order valence-electron chi connectivity index (χ4n) is 0.920. The predicted molar refractivity (Wildman–Crippen MR) is 54.3 cm³/mol. The van der Waals surface area contributed by atoms with Crippen LogP contribution < -0.4 is 4.90 Å². The molecule has 0 fully saturated rings. The standard InChI is InChI=1S/C8H10N2O.ClHO/c1-10(2)8-6-4-3-5-7(8)9-11;1-2/h3-6H,1-2H3;2H. The van der Waals surface area contributed by atoms with Crippen LogP contribution in [0, 0.1) is 4.91 Å². The summed E-state index contributed by atoms with van der Waals surface area (Å²) in [5.41, 5.74) is 1.33. The minimum Gasteiger partial charge on any atom is -0.376 e. The quantitative estimate of drug-likeness (QED) is 0.749. The Labute approximate surface area is 81.9 Å². The molecule has 0 bridgehead atoms. The maximum absolute atomic E-state index is 10.3. The molecular formula is C8H11ClN2O2. The summed E-state index contributed by atoms with van der Waals surface area (Å²) in [6.45, 7) is 0. The molecular weight excluding hydrogens is 192 g/mol. The first-order valence-corrected chi connectivity index (χ1v) is 3.86. The first-order chi connectivity index (χ1) is 6.25. The van der Waals surface area contributed by atoms with Gasteiger partial charge in [-0.2, -0.15) is 0 Å². The van der Waals surface area contributed by atoms with Crippen molar-refractivity contribution in [2.45, 2.75) is 0 Å². The topological polar surface area (TPSA) is 52.9 Å². The van der Waals surface area contributed by atoms with Gasteiger partial charge in [0.2, 0.25) is 0 Å². The number of hydrogen-bond donors (Lipinski definition) is 1. The van der Waals surface area contributed by atoms with Gasteiger partial charge < -0.3 is 4.90 Å². The molecule has 0 aliphatic heterocycles. The van der Waals surface area contributed by atoms with E-state index >= 15 is 0 Å². The molecule has 0 heterocycles. The summed E-state index contributed by atoms with van der Waals surface area (Å²) in [6, 6.07) is 7.23. The monoisotopic (exact) mass is 202 g/mol. The van der Waals surface area contributed by atoms with Gasteiger partial charge >= 0.3 is 0 Å². The Bertz CT molecular complexity index is 266. The van der Waals surface area contributed by atoms with E-state index in [1.807, 2.05) is 31.1 Å². The second-order valence-corrected chi connectivity index (χ2v) is 2.47. The molecule has 0 aliphatic carbocycles. The molecule has 72 valence electrons. The minimum absolute atomic E-state index is 0.484. The van der Waals surface area contributed by atoms with Crippen LogP contribution in [0.5, 0.6) is 0 Å². The summed E-state index contributed by atoms with van der Waals surface area (Å²) in [6.07, 6.45) is 0. The molecule has 0 radical (unpaired) electrons. The highest BCUT2D eigenvalue weighted by atomic mass is 35.5. The van der Waals surface area contributed by atoms with Crippen LogP contribution >= 0.6 is 11.9 Å². The third kappa shape index (κ3) is 3.40. The maximum Gasteiger partial charge on any atom is 0.131 e. The average Bonchev–Trinajstić information content (AvgIpc) is 2.20. The fourth-order valence-corrected chi connectivity index (χ4v) is 0.920. The minimum atomic E-state index is 0.484. The summed E-state index contributed by atoms with van der Waals surface area (Å²) < 4.78 is 6.47. The number of anilines is 1. The SMILES string of the molecule is CN(C)c1ccccc1N=O.OCl. The van der Waals surface area contributed by atoms with Crippen molar-refractivity contribution >= 4 is 23.2 Å². The second-order valence-electron chi connectivity index (χ2n) is 2.47. The lowest BCUT2D eigenvalue weighted by Crippen LogP contribution is -2.08. The highest BCUT2D eigenvalue weighted by Gasteiger charge is 2.01. The Balaban J connectivity index is 0.000000671. The van der Waals surface area contributed by atoms with Gasteiger partial charge in [-0.1, -0.05) is 12.1 Å². The Hall–Kier alpha value is -1.13. The third-order valence-electron chi connectivity index (χ3n) is 1.46. The molecule has 0 aliphatic rings. The van der Waals surface area contributed by atoms with Crippen molar-refractivity contribution in [3.05, 3.63) is 29.2 Å². The van der Waals surface area contributed by atoms with Crippen LogP contribution in [0.25, 0.3) is 0 Å². The zero-order valence-electron chi connectivity index (χ0n) is 7.44. The van der Waals surface area contributed by atoms with E-state index in [9.17, 15) is 4.91 Å². The first-order valence-electron chi connectivity index (χ1n) is 3.52. The van der Waals surface area contributed by atoms with E-state index in [0.29, 0.717) is 5.69 Å². The van der Waals surface area contributed by atoms with E-state index in [2.05, 4.69) is 17.0 Å². The zero-order chi connectivity index (χ0) is 10.3. The maximum atomic E-state index is 10.3. The first kappa shape index (κ1) is 11.9. The van der Waals surface area contributed by atoms with Crippen molar-refractivity contribution in [2.24, 2.45) is 5.18 Å². The Morgan fingerprint density at radius 2 is 1.85 bits per heavy atom. The predicted octanol–water partition coefficient (Wildman–Crippen LogP) is 2.28. The summed E-state index contributed by atoms with van der Waals surface area (Å²) in [5, 5.41) is 2.90. The number of halogens is 1. The fraction of sp³-hybridized carbons (Fsp3) is 0.250. The normalized spacial score (nSPS) is 8.31. The van der Waals surface area contributed by atoms with Crippen LogP contribution in [0.2, 0.25) is 0 Å². The molecule has 0 aromatic heterocycles. The molecule has 1 N–H and O–H groups in total. The smallest absolute Gasteiger partial charge is 0.131 e. The summed E-state index contributed by atoms with van der Waals surface area (Å²) in [5.74, 6) is 0. The van der Waals surface area contributed by atoms with Crippen LogP contribution in [-0.4, -0.2) is 18.8 Å². The Morgan fingerprint density at radius 3 is 2.23 bits per heavy atom. The molecule has 0 spiro atoms. The molecule has 0 atom stereocenters. The average molecular weight is 203 g/mol. The van der Waals surface area contributed by atoms with E-state index in [4.69, 9.17) is 4.66 Å². The molecule has 0 saturated heterocycles. The van der Waals surface area contributed by atoms with Gasteiger partial charge in [0.1, 0.15) is 5.69 Å². The van der Waals surface area contributed by atoms with E-state index < -0.39 is 0 Å². The number of para-hydroxylation sites is 1. The Morgan fingerprint density at radius 1 is 1.31 bits per heavy atom.